The molecule has 0 spiro atoms. The molecule has 0 aromatic heterocycles. The van der Waals surface area contributed by atoms with Gasteiger partial charge in [-0.2, -0.15) is 0 Å². The summed E-state index contributed by atoms with van der Waals surface area (Å²) < 4.78 is 5.54. The number of amides is 1. The molecule has 4 heteroatoms. The molecule has 1 aliphatic heterocycles. The van der Waals surface area contributed by atoms with Crippen LogP contribution in [0.4, 0.5) is 4.79 Å². The van der Waals surface area contributed by atoms with E-state index in [0.717, 1.165) is 37.9 Å². The highest BCUT2D eigenvalue weighted by Crippen LogP contribution is 2.35. The standard InChI is InChI=1S/C19H36N2O2/c1-14(2)15-10-16(11-15)20-12-19(6)8-7-9-21(13-19)17(22)23-18(3,4)5/h14-16,20H,7-13H2,1-6H3. The number of ether oxygens (including phenoxy) is 1. The third kappa shape index (κ3) is 5.37. The van der Waals surface area contributed by atoms with E-state index in [1.807, 2.05) is 25.7 Å². The van der Waals surface area contributed by atoms with Gasteiger partial charge in [0.15, 0.2) is 0 Å². The Balaban J connectivity index is 1.79. The van der Waals surface area contributed by atoms with Crippen molar-refractivity contribution in [3.63, 3.8) is 0 Å². The summed E-state index contributed by atoms with van der Waals surface area (Å²) in [7, 11) is 0. The largest absolute Gasteiger partial charge is 0.444 e. The Bertz CT molecular complexity index is 410. The Morgan fingerprint density at radius 3 is 2.57 bits per heavy atom. The summed E-state index contributed by atoms with van der Waals surface area (Å²) in [4.78, 5) is 14.2. The average Bonchev–Trinajstić information content (AvgIpc) is 2.34. The number of hydrogen-bond acceptors (Lipinski definition) is 3. The van der Waals surface area contributed by atoms with Crippen LogP contribution in [0.2, 0.25) is 0 Å². The van der Waals surface area contributed by atoms with Crippen molar-refractivity contribution in [2.45, 2.75) is 78.9 Å². The smallest absolute Gasteiger partial charge is 0.410 e. The lowest BCUT2D eigenvalue weighted by molar-refractivity contribution is 0.00553. The summed E-state index contributed by atoms with van der Waals surface area (Å²) in [5.74, 6) is 1.70. The molecular weight excluding hydrogens is 288 g/mol. The molecule has 2 rings (SSSR count). The normalized spacial score (nSPS) is 31.9. The lowest BCUT2D eigenvalue weighted by atomic mass is 9.73. The average molecular weight is 325 g/mol. The van der Waals surface area contributed by atoms with Gasteiger partial charge < -0.3 is 15.0 Å². The Morgan fingerprint density at radius 2 is 2.00 bits per heavy atom. The molecule has 134 valence electrons. The zero-order valence-electron chi connectivity index (χ0n) is 15.9. The molecule has 1 unspecified atom stereocenters. The number of carbonyl (C=O) groups excluding carboxylic acids is 1. The van der Waals surface area contributed by atoms with Gasteiger partial charge in [0, 0.05) is 25.7 Å². The lowest BCUT2D eigenvalue weighted by Gasteiger charge is -2.44. The molecule has 1 aliphatic carbocycles. The molecule has 1 saturated heterocycles. The Hall–Kier alpha value is -0.770. The Kier molecular flexibility index (Phi) is 5.65. The minimum Gasteiger partial charge on any atom is -0.444 e. The lowest BCUT2D eigenvalue weighted by Crippen LogP contribution is -2.53. The maximum atomic E-state index is 12.3. The molecule has 0 aromatic rings. The number of hydrogen-bond donors (Lipinski definition) is 1. The molecule has 4 nitrogen and oxygen atoms in total. The molecule has 0 radical (unpaired) electrons. The van der Waals surface area contributed by atoms with E-state index in [1.54, 1.807) is 0 Å². The SMILES string of the molecule is CC(C)C1CC(NCC2(C)CCCN(C(=O)OC(C)(C)C)C2)C1. The predicted molar refractivity (Wildman–Crippen MR) is 94.5 cm³/mol. The van der Waals surface area contributed by atoms with Crippen LogP contribution in [-0.2, 0) is 4.74 Å². The molecule has 2 fully saturated rings. The van der Waals surface area contributed by atoms with Gasteiger partial charge in [-0.05, 0) is 63.7 Å². The van der Waals surface area contributed by atoms with Crippen molar-refractivity contribution in [3.05, 3.63) is 0 Å². The first kappa shape index (κ1) is 18.6. The number of nitrogens with one attached hydrogen (secondary N) is 1. The van der Waals surface area contributed by atoms with E-state index in [4.69, 9.17) is 4.74 Å². The first-order valence-electron chi connectivity index (χ1n) is 9.29. The minimum atomic E-state index is -0.416. The topological polar surface area (TPSA) is 41.6 Å². The van der Waals surface area contributed by atoms with E-state index < -0.39 is 5.60 Å². The van der Waals surface area contributed by atoms with Gasteiger partial charge in [-0.25, -0.2) is 4.79 Å². The van der Waals surface area contributed by atoms with Gasteiger partial charge in [-0.3, -0.25) is 0 Å². The van der Waals surface area contributed by atoms with Crippen LogP contribution in [-0.4, -0.2) is 42.3 Å². The quantitative estimate of drug-likeness (QED) is 0.848. The highest BCUT2D eigenvalue weighted by atomic mass is 16.6. The fourth-order valence-corrected chi connectivity index (χ4v) is 3.71. The van der Waals surface area contributed by atoms with Gasteiger partial charge in [-0.15, -0.1) is 0 Å². The van der Waals surface area contributed by atoms with E-state index in [2.05, 4.69) is 26.1 Å². The summed E-state index contributed by atoms with van der Waals surface area (Å²) in [6.07, 6.45) is 4.70. The fourth-order valence-electron chi connectivity index (χ4n) is 3.71. The van der Waals surface area contributed by atoms with E-state index in [-0.39, 0.29) is 11.5 Å². The minimum absolute atomic E-state index is 0.160. The fraction of sp³-hybridized carbons (Fsp3) is 0.947. The number of rotatable bonds is 4. The van der Waals surface area contributed by atoms with Crippen molar-refractivity contribution in [2.24, 2.45) is 17.3 Å². The Labute approximate surface area is 142 Å². The molecule has 23 heavy (non-hydrogen) atoms. The zero-order chi connectivity index (χ0) is 17.3. The molecule has 1 N–H and O–H groups in total. The third-order valence-corrected chi connectivity index (χ3v) is 5.37. The molecule has 1 atom stereocenters. The van der Waals surface area contributed by atoms with Crippen molar-refractivity contribution in [1.29, 1.82) is 0 Å². The maximum absolute atomic E-state index is 12.3. The summed E-state index contributed by atoms with van der Waals surface area (Å²) in [5.41, 5.74) is -0.251. The van der Waals surface area contributed by atoms with Gasteiger partial charge in [0.05, 0.1) is 0 Å². The molecule has 0 bridgehead atoms. The summed E-state index contributed by atoms with van der Waals surface area (Å²) >= 11 is 0. The summed E-state index contributed by atoms with van der Waals surface area (Å²) in [5, 5.41) is 3.74. The van der Waals surface area contributed by atoms with Gasteiger partial charge in [0.1, 0.15) is 5.60 Å². The maximum Gasteiger partial charge on any atom is 0.410 e. The van der Waals surface area contributed by atoms with E-state index in [1.165, 1.54) is 19.3 Å². The van der Waals surface area contributed by atoms with Crippen molar-refractivity contribution >= 4 is 6.09 Å². The van der Waals surface area contributed by atoms with E-state index >= 15 is 0 Å². The monoisotopic (exact) mass is 324 g/mol. The number of carbonyl (C=O) groups is 1. The molecule has 1 amide bonds. The number of nitrogens with zero attached hydrogens (tertiary/aromatic N) is 1. The first-order valence-corrected chi connectivity index (χ1v) is 9.29. The highest BCUT2D eigenvalue weighted by molar-refractivity contribution is 5.68. The van der Waals surface area contributed by atoms with Crippen molar-refractivity contribution < 1.29 is 9.53 Å². The van der Waals surface area contributed by atoms with Crippen LogP contribution in [0.5, 0.6) is 0 Å². The second kappa shape index (κ2) is 7.00. The molecule has 1 saturated carbocycles. The van der Waals surface area contributed by atoms with Crippen molar-refractivity contribution in [1.82, 2.24) is 10.2 Å². The number of piperidine rings is 1. The molecule has 0 aromatic carbocycles. The van der Waals surface area contributed by atoms with Gasteiger partial charge in [0.25, 0.3) is 0 Å². The summed E-state index contributed by atoms with van der Waals surface area (Å²) in [6.45, 7) is 15.4. The van der Waals surface area contributed by atoms with E-state index in [9.17, 15) is 4.79 Å². The van der Waals surface area contributed by atoms with Crippen LogP contribution < -0.4 is 5.32 Å². The highest BCUT2D eigenvalue weighted by Gasteiger charge is 2.37. The van der Waals surface area contributed by atoms with Gasteiger partial charge in [-0.1, -0.05) is 20.8 Å². The molecule has 1 heterocycles. The van der Waals surface area contributed by atoms with Gasteiger partial charge >= 0.3 is 6.09 Å². The second-order valence-corrected chi connectivity index (χ2v) is 9.37. The predicted octanol–water partition coefficient (Wildman–Crippen LogP) is 4.05. The number of likely N-dealkylation sites (tertiary alicyclic amines) is 1. The molecular formula is C19H36N2O2. The van der Waals surface area contributed by atoms with Crippen LogP contribution in [0, 0.1) is 17.3 Å². The second-order valence-electron chi connectivity index (χ2n) is 9.37. The van der Waals surface area contributed by atoms with Crippen molar-refractivity contribution in [3.8, 4) is 0 Å². The van der Waals surface area contributed by atoms with Crippen LogP contribution in [0.3, 0.4) is 0 Å². The third-order valence-electron chi connectivity index (χ3n) is 5.37. The van der Waals surface area contributed by atoms with Crippen molar-refractivity contribution in [2.75, 3.05) is 19.6 Å². The first-order chi connectivity index (χ1) is 10.6. The van der Waals surface area contributed by atoms with E-state index in [0.29, 0.717) is 6.04 Å². The Morgan fingerprint density at radius 1 is 1.35 bits per heavy atom. The van der Waals surface area contributed by atoms with Crippen LogP contribution in [0.1, 0.15) is 67.2 Å². The molecule has 2 aliphatic rings. The van der Waals surface area contributed by atoms with Crippen LogP contribution in [0.25, 0.3) is 0 Å². The van der Waals surface area contributed by atoms with Crippen LogP contribution in [0.15, 0.2) is 0 Å². The zero-order valence-corrected chi connectivity index (χ0v) is 15.9. The summed E-state index contributed by atoms with van der Waals surface area (Å²) in [6, 6.07) is 0.677. The van der Waals surface area contributed by atoms with Gasteiger partial charge in [0.2, 0.25) is 0 Å². The van der Waals surface area contributed by atoms with Crippen LogP contribution >= 0.6 is 0 Å².